The van der Waals surface area contributed by atoms with Crippen molar-refractivity contribution < 1.29 is 19.1 Å². The fourth-order valence-corrected chi connectivity index (χ4v) is 1.88. The molecule has 0 aliphatic rings. The van der Waals surface area contributed by atoms with Crippen LogP contribution < -0.4 is 0 Å². The minimum Gasteiger partial charge on any atom is -0.462 e. The molecular weight excluding hydrogens is 280 g/mol. The van der Waals surface area contributed by atoms with E-state index in [1.807, 2.05) is 25.1 Å². The van der Waals surface area contributed by atoms with Crippen molar-refractivity contribution in [3.63, 3.8) is 0 Å². The second-order valence-corrected chi connectivity index (χ2v) is 5.83. The molecule has 1 rings (SSSR count). The van der Waals surface area contributed by atoms with Gasteiger partial charge in [0.25, 0.3) is 0 Å². The van der Waals surface area contributed by atoms with Crippen LogP contribution in [0.5, 0.6) is 0 Å². The summed E-state index contributed by atoms with van der Waals surface area (Å²) < 4.78 is 10.6. The first-order valence-electron chi connectivity index (χ1n) is 7.40. The number of carbonyl (C=O) groups excluding carboxylic acids is 2. The van der Waals surface area contributed by atoms with Crippen LogP contribution in [-0.4, -0.2) is 24.1 Å². The summed E-state index contributed by atoms with van der Waals surface area (Å²) in [6.07, 6.45) is 1.19. The molecule has 120 valence electrons. The van der Waals surface area contributed by atoms with E-state index in [2.05, 4.69) is 6.58 Å². The lowest BCUT2D eigenvalue weighted by molar-refractivity contribution is -0.152. The molecule has 0 bridgehead atoms. The summed E-state index contributed by atoms with van der Waals surface area (Å²) in [5.74, 6) is -0.785. The quantitative estimate of drug-likeness (QED) is 0.569. The van der Waals surface area contributed by atoms with Gasteiger partial charge in [-0.3, -0.25) is 0 Å². The smallest absolute Gasteiger partial charge is 0.338 e. The number of carbonyl (C=O) groups is 2. The summed E-state index contributed by atoms with van der Waals surface area (Å²) in [5.41, 5.74) is 1.18. The maximum absolute atomic E-state index is 12.1. The maximum atomic E-state index is 12.1. The maximum Gasteiger partial charge on any atom is 0.338 e. The van der Waals surface area contributed by atoms with Gasteiger partial charge in [-0.2, -0.15) is 0 Å². The summed E-state index contributed by atoms with van der Waals surface area (Å²) >= 11 is 0. The third-order valence-corrected chi connectivity index (χ3v) is 3.27. The highest BCUT2D eigenvalue weighted by Crippen LogP contribution is 2.17. The van der Waals surface area contributed by atoms with Gasteiger partial charge >= 0.3 is 11.9 Å². The number of hydrogen-bond acceptors (Lipinski definition) is 4. The van der Waals surface area contributed by atoms with Crippen LogP contribution in [-0.2, 0) is 20.7 Å². The van der Waals surface area contributed by atoms with Crippen molar-refractivity contribution in [2.45, 2.75) is 46.1 Å². The van der Waals surface area contributed by atoms with Gasteiger partial charge in [-0.1, -0.05) is 31.7 Å². The normalized spacial score (nSPS) is 10.9. The van der Waals surface area contributed by atoms with E-state index < -0.39 is 11.6 Å². The minimum absolute atomic E-state index is 0.188. The van der Waals surface area contributed by atoms with Gasteiger partial charge in [-0.15, -0.1) is 0 Å². The van der Waals surface area contributed by atoms with Crippen LogP contribution in [0.2, 0.25) is 0 Å². The number of esters is 2. The topological polar surface area (TPSA) is 52.6 Å². The van der Waals surface area contributed by atoms with Crippen LogP contribution in [0.15, 0.2) is 36.4 Å². The zero-order valence-corrected chi connectivity index (χ0v) is 13.8. The Bertz CT molecular complexity index is 558. The Morgan fingerprint density at radius 1 is 1.23 bits per heavy atom. The molecule has 0 aliphatic carbocycles. The molecule has 0 heterocycles. The third kappa shape index (κ3) is 5.35. The fraction of sp³-hybridized carbons (Fsp3) is 0.444. The van der Waals surface area contributed by atoms with Crippen LogP contribution in [0.25, 0.3) is 0 Å². The molecule has 0 fully saturated rings. The van der Waals surface area contributed by atoms with Crippen LogP contribution in [0, 0.1) is 0 Å². The van der Waals surface area contributed by atoms with Gasteiger partial charge in [0.1, 0.15) is 5.60 Å². The van der Waals surface area contributed by atoms with E-state index in [4.69, 9.17) is 9.47 Å². The lowest BCUT2D eigenvalue weighted by Crippen LogP contribution is -2.30. The number of aryl methyl sites for hydroxylation is 1. The lowest BCUT2D eigenvalue weighted by Gasteiger charge is -2.25. The van der Waals surface area contributed by atoms with Crippen LogP contribution in [0.3, 0.4) is 0 Å². The van der Waals surface area contributed by atoms with Crippen molar-refractivity contribution in [1.82, 2.24) is 0 Å². The van der Waals surface area contributed by atoms with E-state index in [-0.39, 0.29) is 12.6 Å². The Morgan fingerprint density at radius 2 is 1.86 bits per heavy atom. The van der Waals surface area contributed by atoms with Crippen LogP contribution in [0.4, 0.5) is 0 Å². The predicted octanol–water partition coefficient (Wildman–Crippen LogP) is 3.69. The van der Waals surface area contributed by atoms with Gasteiger partial charge in [0, 0.05) is 12.0 Å². The van der Waals surface area contributed by atoms with Crippen molar-refractivity contribution in [2.75, 3.05) is 6.61 Å². The van der Waals surface area contributed by atoms with Crippen LogP contribution >= 0.6 is 0 Å². The second-order valence-electron chi connectivity index (χ2n) is 5.83. The average Bonchev–Trinajstić information content (AvgIpc) is 2.46. The van der Waals surface area contributed by atoms with Gasteiger partial charge in [0.2, 0.25) is 0 Å². The first kappa shape index (κ1) is 18.0. The number of hydrogen-bond donors (Lipinski definition) is 0. The van der Waals surface area contributed by atoms with Crippen LogP contribution in [0.1, 0.15) is 50.0 Å². The van der Waals surface area contributed by atoms with Gasteiger partial charge in [-0.05, 0) is 38.8 Å². The van der Waals surface area contributed by atoms with Gasteiger partial charge in [-0.25, -0.2) is 9.59 Å². The Morgan fingerprint density at radius 3 is 2.45 bits per heavy atom. The molecule has 0 amide bonds. The van der Waals surface area contributed by atoms with Crippen molar-refractivity contribution in [3.05, 3.63) is 47.5 Å². The zero-order valence-electron chi connectivity index (χ0n) is 13.8. The van der Waals surface area contributed by atoms with E-state index >= 15 is 0 Å². The van der Waals surface area contributed by atoms with E-state index in [1.165, 1.54) is 0 Å². The Hall–Kier alpha value is -2.10. The SMILES string of the molecule is C=C(C)C(=O)OC(C)(C)CCOC(=O)c1ccccc1CC. The third-order valence-electron chi connectivity index (χ3n) is 3.27. The molecule has 0 aliphatic heterocycles. The molecule has 0 unspecified atom stereocenters. The predicted molar refractivity (Wildman–Crippen MR) is 85.7 cm³/mol. The van der Waals surface area contributed by atoms with Crippen molar-refractivity contribution in [2.24, 2.45) is 0 Å². The van der Waals surface area contributed by atoms with Crippen molar-refractivity contribution in [1.29, 1.82) is 0 Å². The fourth-order valence-electron chi connectivity index (χ4n) is 1.88. The lowest BCUT2D eigenvalue weighted by atomic mass is 10.0. The summed E-state index contributed by atoms with van der Waals surface area (Å²) in [6, 6.07) is 7.38. The largest absolute Gasteiger partial charge is 0.462 e. The molecule has 0 spiro atoms. The molecule has 0 atom stereocenters. The summed E-state index contributed by atoms with van der Waals surface area (Å²) in [7, 11) is 0. The van der Waals surface area contributed by atoms with Gasteiger partial charge < -0.3 is 9.47 Å². The van der Waals surface area contributed by atoms with Gasteiger partial charge in [0.15, 0.2) is 0 Å². The Kier molecular flexibility index (Phi) is 6.35. The van der Waals surface area contributed by atoms with E-state index in [0.717, 1.165) is 12.0 Å². The van der Waals surface area contributed by atoms with Gasteiger partial charge in [0.05, 0.1) is 12.2 Å². The first-order chi connectivity index (χ1) is 10.3. The molecule has 0 radical (unpaired) electrons. The Labute approximate surface area is 132 Å². The van der Waals surface area contributed by atoms with Crippen molar-refractivity contribution in [3.8, 4) is 0 Å². The molecule has 1 aromatic rings. The molecule has 22 heavy (non-hydrogen) atoms. The van der Waals surface area contributed by atoms with E-state index in [1.54, 1.807) is 26.8 Å². The summed E-state index contributed by atoms with van der Waals surface area (Å²) in [5, 5.41) is 0. The number of benzene rings is 1. The van der Waals surface area contributed by atoms with Crippen molar-refractivity contribution >= 4 is 11.9 Å². The highest BCUT2D eigenvalue weighted by atomic mass is 16.6. The molecule has 0 aromatic heterocycles. The highest BCUT2D eigenvalue weighted by molar-refractivity contribution is 5.91. The number of rotatable bonds is 7. The Balaban J connectivity index is 2.54. The highest BCUT2D eigenvalue weighted by Gasteiger charge is 2.24. The molecule has 0 saturated carbocycles. The summed E-state index contributed by atoms with van der Waals surface area (Å²) in [4.78, 5) is 23.6. The first-order valence-corrected chi connectivity index (χ1v) is 7.40. The molecule has 4 nitrogen and oxygen atoms in total. The number of ether oxygens (including phenoxy) is 2. The zero-order chi connectivity index (χ0) is 16.8. The average molecular weight is 304 g/mol. The molecule has 1 aromatic carbocycles. The molecule has 0 N–H and O–H groups in total. The second kappa shape index (κ2) is 7.78. The molecular formula is C18H24O4. The minimum atomic E-state index is -0.708. The van der Waals surface area contributed by atoms with E-state index in [0.29, 0.717) is 17.6 Å². The summed E-state index contributed by atoms with van der Waals surface area (Å²) in [6.45, 7) is 10.9. The molecule has 4 heteroatoms. The standard InChI is InChI=1S/C18H24O4/c1-6-14-9-7-8-10-15(14)17(20)21-12-11-18(4,5)22-16(19)13(2)3/h7-10H,2,6,11-12H2,1,3-5H3. The van der Waals surface area contributed by atoms with E-state index in [9.17, 15) is 9.59 Å². The monoisotopic (exact) mass is 304 g/mol. The molecule has 0 saturated heterocycles.